The standard InChI is InChI=1S/C20H21N3O3/c1-13-7-4-5-9-16(13)19-18(14(2)23-26-19)20(24)21-12-11-15-8-6-10-17(22-15)25-3/h4-10H,11-12H2,1-3H3,(H,21,24). The van der Waals surface area contributed by atoms with Gasteiger partial charge in [-0.2, -0.15) is 0 Å². The number of carbonyl (C=O) groups is 1. The fourth-order valence-corrected chi connectivity index (χ4v) is 2.75. The molecule has 2 heterocycles. The highest BCUT2D eigenvalue weighted by molar-refractivity contribution is 6.00. The third-order valence-corrected chi connectivity index (χ3v) is 4.14. The monoisotopic (exact) mass is 351 g/mol. The molecule has 1 aromatic carbocycles. The molecule has 3 rings (SSSR count). The molecule has 1 N–H and O–H groups in total. The normalized spacial score (nSPS) is 10.6. The molecule has 0 bridgehead atoms. The van der Waals surface area contributed by atoms with Crippen LogP contribution in [0.3, 0.4) is 0 Å². The molecule has 3 aromatic rings. The van der Waals surface area contributed by atoms with Gasteiger partial charge in [0.2, 0.25) is 5.88 Å². The summed E-state index contributed by atoms with van der Waals surface area (Å²) in [6.45, 7) is 4.20. The molecule has 0 aliphatic carbocycles. The van der Waals surface area contributed by atoms with Crippen molar-refractivity contribution < 1.29 is 14.1 Å². The minimum absolute atomic E-state index is 0.204. The Morgan fingerprint density at radius 1 is 1.15 bits per heavy atom. The molecular weight excluding hydrogens is 330 g/mol. The van der Waals surface area contributed by atoms with Crippen LogP contribution in [0.25, 0.3) is 11.3 Å². The minimum atomic E-state index is -0.204. The van der Waals surface area contributed by atoms with E-state index in [4.69, 9.17) is 9.26 Å². The summed E-state index contributed by atoms with van der Waals surface area (Å²) in [5.41, 5.74) is 3.79. The molecule has 1 amide bonds. The highest BCUT2D eigenvalue weighted by Gasteiger charge is 2.22. The van der Waals surface area contributed by atoms with Gasteiger partial charge in [-0.15, -0.1) is 0 Å². The summed E-state index contributed by atoms with van der Waals surface area (Å²) in [5, 5.41) is 6.90. The average Bonchev–Trinajstić information content (AvgIpc) is 3.03. The van der Waals surface area contributed by atoms with E-state index in [0.717, 1.165) is 16.8 Å². The van der Waals surface area contributed by atoms with Crippen LogP contribution in [-0.4, -0.2) is 29.7 Å². The molecule has 0 spiro atoms. The summed E-state index contributed by atoms with van der Waals surface area (Å²) in [6.07, 6.45) is 0.604. The summed E-state index contributed by atoms with van der Waals surface area (Å²) in [6, 6.07) is 13.3. The summed E-state index contributed by atoms with van der Waals surface area (Å²) in [5.74, 6) is 0.855. The first-order valence-electron chi connectivity index (χ1n) is 8.40. The first-order valence-corrected chi connectivity index (χ1v) is 8.40. The lowest BCUT2D eigenvalue weighted by Crippen LogP contribution is -2.26. The molecule has 6 nitrogen and oxygen atoms in total. The number of rotatable bonds is 6. The Morgan fingerprint density at radius 2 is 1.96 bits per heavy atom. The van der Waals surface area contributed by atoms with E-state index < -0.39 is 0 Å². The SMILES string of the molecule is COc1cccc(CCNC(=O)c2c(C)noc2-c2ccccc2C)n1. The second kappa shape index (κ2) is 7.82. The van der Waals surface area contributed by atoms with Gasteiger partial charge < -0.3 is 14.6 Å². The quantitative estimate of drug-likeness (QED) is 0.737. The van der Waals surface area contributed by atoms with Crippen LogP contribution in [0, 0.1) is 13.8 Å². The van der Waals surface area contributed by atoms with Crippen LogP contribution in [0.1, 0.15) is 27.3 Å². The van der Waals surface area contributed by atoms with Crippen molar-refractivity contribution in [1.29, 1.82) is 0 Å². The first kappa shape index (κ1) is 17.7. The largest absolute Gasteiger partial charge is 0.481 e. The number of aryl methyl sites for hydroxylation is 2. The lowest BCUT2D eigenvalue weighted by Gasteiger charge is -2.07. The zero-order chi connectivity index (χ0) is 18.5. The molecule has 6 heteroatoms. The summed E-state index contributed by atoms with van der Waals surface area (Å²) < 4.78 is 10.6. The van der Waals surface area contributed by atoms with Crippen LogP contribution < -0.4 is 10.1 Å². The topological polar surface area (TPSA) is 77.2 Å². The zero-order valence-corrected chi connectivity index (χ0v) is 15.1. The van der Waals surface area contributed by atoms with Crippen molar-refractivity contribution in [1.82, 2.24) is 15.5 Å². The number of nitrogens with zero attached hydrogens (tertiary/aromatic N) is 2. The Kier molecular flexibility index (Phi) is 5.31. The fraction of sp³-hybridized carbons (Fsp3) is 0.250. The molecule has 0 saturated heterocycles. The van der Waals surface area contributed by atoms with Crippen molar-refractivity contribution in [2.75, 3.05) is 13.7 Å². The number of aromatic nitrogens is 2. The van der Waals surface area contributed by atoms with Gasteiger partial charge in [0.25, 0.3) is 5.91 Å². The van der Waals surface area contributed by atoms with Gasteiger partial charge in [-0.05, 0) is 25.5 Å². The molecule has 0 atom stereocenters. The second-order valence-electron chi connectivity index (χ2n) is 5.96. The van der Waals surface area contributed by atoms with Crippen LogP contribution in [0.5, 0.6) is 5.88 Å². The van der Waals surface area contributed by atoms with E-state index in [1.165, 1.54) is 0 Å². The number of hydrogen-bond acceptors (Lipinski definition) is 5. The third kappa shape index (κ3) is 3.74. The number of hydrogen-bond donors (Lipinski definition) is 1. The summed E-state index contributed by atoms with van der Waals surface area (Å²) >= 11 is 0. The van der Waals surface area contributed by atoms with Gasteiger partial charge in [-0.3, -0.25) is 4.79 Å². The molecule has 2 aromatic heterocycles. The molecule has 0 saturated carbocycles. The predicted octanol–water partition coefficient (Wildman–Crippen LogP) is 3.33. The minimum Gasteiger partial charge on any atom is -0.481 e. The van der Waals surface area contributed by atoms with Crippen molar-refractivity contribution >= 4 is 5.91 Å². The Labute approximate surface area is 152 Å². The number of methoxy groups -OCH3 is 1. The average molecular weight is 351 g/mol. The number of ether oxygens (including phenoxy) is 1. The van der Waals surface area contributed by atoms with Crippen LogP contribution in [-0.2, 0) is 6.42 Å². The highest BCUT2D eigenvalue weighted by Crippen LogP contribution is 2.28. The molecule has 0 radical (unpaired) electrons. The lowest BCUT2D eigenvalue weighted by atomic mass is 10.0. The fourth-order valence-electron chi connectivity index (χ4n) is 2.75. The number of carbonyl (C=O) groups excluding carboxylic acids is 1. The van der Waals surface area contributed by atoms with Crippen LogP contribution in [0.2, 0.25) is 0 Å². The van der Waals surface area contributed by atoms with Crippen molar-refractivity contribution in [2.45, 2.75) is 20.3 Å². The van der Waals surface area contributed by atoms with Gasteiger partial charge in [0.05, 0.1) is 12.8 Å². The van der Waals surface area contributed by atoms with Crippen LogP contribution >= 0.6 is 0 Å². The van der Waals surface area contributed by atoms with E-state index in [-0.39, 0.29) is 5.91 Å². The van der Waals surface area contributed by atoms with Gasteiger partial charge in [-0.25, -0.2) is 4.98 Å². The lowest BCUT2D eigenvalue weighted by molar-refractivity contribution is 0.0954. The molecule has 134 valence electrons. The molecule has 0 unspecified atom stereocenters. The van der Waals surface area contributed by atoms with Crippen molar-refractivity contribution in [3.05, 3.63) is 65.0 Å². The Bertz CT molecular complexity index is 918. The number of pyridine rings is 1. The summed E-state index contributed by atoms with van der Waals surface area (Å²) in [4.78, 5) is 17.0. The highest BCUT2D eigenvalue weighted by atomic mass is 16.5. The Morgan fingerprint density at radius 3 is 2.73 bits per heavy atom. The third-order valence-electron chi connectivity index (χ3n) is 4.14. The van der Waals surface area contributed by atoms with Crippen molar-refractivity contribution in [2.24, 2.45) is 0 Å². The van der Waals surface area contributed by atoms with E-state index in [1.54, 1.807) is 20.1 Å². The van der Waals surface area contributed by atoms with E-state index in [1.807, 2.05) is 43.3 Å². The van der Waals surface area contributed by atoms with Crippen LogP contribution in [0.15, 0.2) is 47.0 Å². The van der Waals surface area contributed by atoms with E-state index >= 15 is 0 Å². The van der Waals surface area contributed by atoms with E-state index in [9.17, 15) is 4.79 Å². The summed E-state index contributed by atoms with van der Waals surface area (Å²) in [7, 11) is 1.58. The molecular formula is C20H21N3O3. The van der Waals surface area contributed by atoms with Gasteiger partial charge in [0.1, 0.15) is 5.56 Å². The zero-order valence-electron chi connectivity index (χ0n) is 15.1. The smallest absolute Gasteiger partial charge is 0.257 e. The first-order chi connectivity index (χ1) is 12.6. The molecule has 0 aliphatic rings. The Balaban J connectivity index is 1.72. The predicted molar refractivity (Wildman–Crippen MR) is 98.2 cm³/mol. The molecule has 26 heavy (non-hydrogen) atoms. The number of amides is 1. The van der Waals surface area contributed by atoms with Crippen molar-refractivity contribution in [3.63, 3.8) is 0 Å². The van der Waals surface area contributed by atoms with E-state index in [2.05, 4.69) is 15.5 Å². The Hall–Kier alpha value is -3.15. The maximum Gasteiger partial charge on any atom is 0.257 e. The van der Waals surface area contributed by atoms with E-state index in [0.29, 0.717) is 35.9 Å². The van der Waals surface area contributed by atoms with Gasteiger partial charge in [0, 0.05) is 30.3 Å². The molecule has 0 fully saturated rings. The number of nitrogens with one attached hydrogen (secondary N) is 1. The van der Waals surface area contributed by atoms with Gasteiger partial charge >= 0.3 is 0 Å². The van der Waals surface area contributed by atoms with Crippen molar-refractivity contribution in [3.8, 4) is 17.2 Å². The molecule has 0 aliphatic heterocycles. The van der Waals surface area contributed by atoms with Gasteiger partial charge in [0.15, 0.2) is 5.76 Å². The van der Waals surface area contributed by atoms with Gasteiger partial charge in [-0.1, -0.05) is 35.5 Å². The second-order valence-corrected chi connectivity index (χ2v) is 5.96. The number of benzene rings is 1. The maximum atomic E-state index is 12.7. The van der Waals surface area contributed by atoms with Crippen LogP contribution in [0.4, 0.5) is 0 Å². The maximum absolute atomic E-state index is 12.7.